The van der Waals surface area contributed by atoms with E-state index in [0.717, 1.165) is 19.0 Å². The molecule has 2 heterocycles. The molecule has 1 aromatic heterocycles. The van der Waals surface area contributed by atoms with Crippen molar-refractivity contribution in [3.63, 3.8) is 0 Å². The van der Waals surface area contributed by atoms with Crippen LogP contribution >= 0.6 is 0 Å². The summed E-state index contributed by atoms with van der Waals surface area (Å²) in [6, 6.07) is 11.0. The zero-order valence-electron chi connectivity index (χ0n) is 13.9. The maximum Gasteiger partial charge on any atom is 0.0678 e. The average molecular weight is 310 g/mol. The third-order valence-electron chi connectivity index (χ3n) is 5.68. The van der Waals surface area contributed by atoms with E-state index in [1.807, 2.05) is 6.20 Å². The van der Waals surface area contributed by atoms with Crippen molar-refractivity contribution >= 4 is 0 Å². The van der Waals surface area contributed by atoms with Gasteiger partial charge in [-0.2, -0.15) is 5.10 Å². The second kappa shape index (κ2) is 6.10. The number of likely N-dealkylation sites (tertiary alicyclic amines) is 1. The van der Waals surface area contributed by atoms with Gasteiger partial charge in [0, 0.05) is 31.9 Å². The molecular weight excluding hydrogens is 284 g/mol. The highest BCUT2D eigenvalue weighted by atomic mass is 15.3. The molecule has 2 N–H and O–H groups in total. The minimum Gasteiger partial charge on any atom is -0.327 e. The molecule has 4 nitrogen and oxygen atoms in total. The molecule has 122 valence electrons. The molecule has 0 bridgehead atoms. The van der Waals surface area contributed by atoms with Gasteiger partial charge in [-0.25, -0.2) is 4.68 Å². The number of aromatic nitrogens is 2. The molecular formula is C19H26N4. The molecule has 1 aliphatic carbocycles. The Morgan fingerprint density at radius 1 is 1.17 bits per heavy atom. The second-order valence-electron chi connectivity index (χ2n) is 7.23. The standard InChI is InChI=1S/C19H26N4/c1-14-5-2-3-8-19(14)23-16(9-10-21-23)12-22-11-15-6-4-7-18(20)17(15)13-22/h2-3,5,8-10,15,17-18H,4,6-7,11-13,20H2,1H3. The molecule has 4 heteroatoms. The van der Waals surface area contributed by atoms with Gasteiger partial charge >= 0.3 is 0 Å². The predicted octanol–water partition coefficient (Wildman–Crippen LogP) is 2.74. The van der Waals surface area contributed by atoms with Gasteiger partial charge in [-0.3, -0.25) is 4.90 Å². The van der Waals surface area contributed by atoms with E-state index in [1.165, 1.54) is 42.8 Å². The van der Waals surface area contributed by atoms with Gasteiger partial charge in [0.25, 0.3) is 0 Å². The number of benzene rings is 1. The van der Waals surface area contributed by atoms with Crippen molar-refractivity contribution in [2.24, 2.45) is 17.6 Å². The zero-order valence-corrected chi connectivity index (χ0v) is 13.9. The fourth-order valence-electron chi connectivity index (χ4n) is 4.44. The summed E-state index contributed by atoms with van der Waals surface area (Å²) in [5.41, 5.74) is 10.1. The van der Waals surface area contributed by atoms with Crippen LogP contribution in [0, 0.1) is 18.8 Å². The number of hydrogen-bond acceptors (Lipinski definition) is 3. The van der Waals surface area contributed by atoms with Gasteiger partial charge in [0.15, 0.2) is 0 Å². The zero-order chi connectivity index (χ0) is 15.8. The number of nitrogens with two attached hydrogens (primary N) is 1. The lowest BCUT2D eigenvalue weighted by molar-refractivity contribution is 0.259. The highest BCUT2D eigenvalue weighted by Gasteiger charge is 2.38. The van der Waals surface area contributed by atoms with Gasteiger partial charge in [-0.05, 0) is 49.3 Å². The first-order valence-electron chi connectivity index (χ1n) is 8.79. The fraction of sp³-hybridized carbons (Fsp3) is 0.526. The minimum atomic E-state index is 0.403. The first-order chi connectivity index (χ1) is 11.2. The number of aryl methyl sites for hydroxylation is 1. The Labute approximate surface area is 138 Å². The molecule has 3 atom stereocenters. The summed E-state index contributed by atoms with van der Waals surface area (Å²) in [4.78, 5) is 2.58. The first kappa shape index (κ1) is 14.9. The van der Waals surface area contributed by atoms with Gasteiger partial charge in [0.2, 0.25) is 0 Å². The van der Waals surface area contributed by atoms with Crippen molar-refractivity contribution in [1.29, 1.82) is 0 Å². The van der Waals surface area contributed by atoms with Crippen molar-refractivity contribution in [1.82, 2.24) is 14.7 Å². The Balaban J connectivity index is 1.53. The summed E-state index contributed by atoms with van der Waals surface area (Å²) in [6.07, 6.45) is 5.77. The van der Waals surface area contributed by atoms with Crippen molar-refractivity contribution < 1.29 is 0 Å². The Hall–Kier alpha value is -1.65. The molecule has 1 saturated carbocycles. The van der Waals surface area contributed by atoms with Crippen LogP contribution in [-0.4, -0.2) is 33.8 Å². The van der Waals surface area contributed by atoms with Crippen molar-refractivity contribution in [2.75, 3.05) is 13.1 Å². The van der Waals surface area contributed by atoms with E-state index < -0.39 is 0 Å². The predicted molar refractivity (Wildman–Crippen MR) is 92.4 cm³/mol. The van der Waals surface area contributed by atoms with Crippen LogP contribution in [0.3, 0.4) is 0 Å². The Morgan fingerprint density at radius 2 is 2.04 bits per heavy atom. The molecule has 0 radical (unpaired) electrons. The third-order valence-corrected chi connectivity index (χ3v) is 5.68. The quantitative estimate of drug-likeness (QED) is 0.948. The van der Waals surface area contributed by atoms with E-state index in [4.69, 9.17) is 5.73 Å². The smallest absolute Gasteiger partial charge is 0.0678 e. The highest BCUT2D eigenvalue weighted by Crippen LogP contribution is 2.36. The van der Waals surface area contributed by atoms with Crippen LogP contribution in [0.2, 0.25) is 0 Å². The van der Waals surface area contributed by atoms with Gasteiger partial charge in [-0.1, -0.05) is 24.6 Å². The van der Waals surface area contributed by atoms with E-state index in [1.54, 1.807) is 0 Å². The summed E-state index contributed by atoms with van der Waals surface area (Å²) in [5, 5.41) is 4.56. The van der Waals surface area contributed by atoms with Gasteiger partial charge < -0.3 is 5.73 Å². The topological polar surface area (TPSA) is 47.1 Å². The number of para-hydroxylation sites is 1. The van der Waals surface area contributed by atoms with Crippen LogP contribution in [-0.2, 0) is 6.54 Å². The normalized spacial score (nSPS) is 28.0. The number of nitrogens with zero attached hydrogens (tertiary/aromatic N) is 3. The summed E-state index contributed by atoms with van der Waals surface area (Å²) in [5.74, 6) is 1.49. The molecule has 4 rings (SSSR count). The Kier molecular flexibility index (Phi) is 3.95. The van der Waals surface area contributed by atoms with Gasteiger partial charge in [0.1, 0.15) is 0 Å². The largest absolute Gasteiger partial charge is 0.327 e. The van der Waals surface area contributed by atoms with E-state index in [2.05, 4.69) is 51.9 Å². The minimum absolute atomic E-state index is 0.403. The lowest BCUT2D eigenvalue weighted by Crippen LogP contribution is -2.38. The molecule has 1 aliphatic heterocycles. The van der Waals surface area contributed by atoms with Crippen molar-refractivity contribution in [3.8, 4) is 5.69 Å². The number of hydrogen-bond donors (Lipinski definition) is 1. The monoisotopic (exact) mass is 310 g/mol. The highest BCUT2D eigenvalue weighted by molar-refractivity contribution is 5.40. The van der Waals surface area contributed by atoms with Crippen LogP contribution < -0.4 is 5.73 Å². The van der Waals surface area contributed by atoms with Crippen LogP contribution in [0.5, 0.6) is 0 Å². The average Bonchev–Trinajstić information content (AvgIpc) is 3.16. The summed E-state index contributed by atoms with van der Waals surface area (Å²) < 4.78 is 2.09. The third kappa shape index (κ3) is 2.81. The Morgan fingerprint density at radius 3 is 2.87 bits per heavy atom. The maximum atomic E-state index is 6.35. The van der Waals surface area contributed by atoms with Gasteiger partial charge in [0.05, 0.1) is 11.4 Å². The lowest BCUT2D eigenvalue weighted by atomic mass is 9.78. The van der Waals surface area contributed by atoms with E-state index in [-0.39, 0.29) is 0 Å². The van der Waals surface area contributed by atoms with E-state index in [0.29, 0.717) is 12.0 Å². The summed E-state index contributed by atoms with van der Waals surface area (Å²) in [6.45, 7) is 5.44. The SMILES string of the molecule is Cc1ccccc1-n1nccc1CN1CC2CCCC(N)C2C1. The first-order valence-corrected chi connectivity index (χ1v) is 8.79. The molecule has 0 amide bonds. The van der Waals surface area contributed by atoms with Gasteiger partial charge in [-0.15, -0.1) is 0 Å². The van der Waals surface area contributed by atoms with E-state index >= 15 is 0 Å². The summed E-state index contributed by atoms with van der Waals surface area (Å²) in [7, 11) is 0. The van der Waals surface area contributed by atoms with Crippen LogP contribution in [0.1, 0.15) is 30.5 Å². The molecule has 2 fully saturated rings. The molecule has 23 heavy (non-hydrogen) atoms. The lowest BCUT2D eigenvalue weighted by Gasteiger charge is -2.29. The summed E-state index contributed by atoms with van der Waals surface area (Å²) >= 11 is 0. The molecule has 2 aromatic rings. The molecule has 2 aliphatic rings. The van der Waals surface area contributed by atoms with Crippen LogP contribution in [0.15, 0.2) is 36.5 Å². The molecule has 1 saturated heterocycles. The van der Waals surface area contributed by atoms with E-state index in [9.17, 15) is 0 Å². The maximum absolute atomic E-state index is 6.35. The number of rotatable bonds is 3. The molecule has 3 unspecified atom stereocenters. The number of fused-ring (bicyclic) bond motifs is 1. The fourth-order valence-corrected chi connectivity index (χ4v) is 4.44. The van der Waals surface area contributed by atoms with Crippen molar-refractivity contribution in [2.45, 2.75) is 38.8 Å². The van der Waals surface area contributed by atoms with Crippen LogP contribution in [0.4, 0.5) is 0 Å². The molecule has 1 aromatic carbocycles. The Bertz CT molecular complexity index is 678. The molecule has 0 spiro atoms. The van der Waals surface area contributed by atoms with Crippen molar-refractivity contribution in [3.05, 3.63) is 47.8 Å². The second-order valence-corrected chi connectivity index (χ2v) is 7.23. The van der Waals surface area contributed by atoms with Crippen LogP contribution in [0.25, 0.3) is 5.69 Å².